The van der Waals surface area contributed by atoms with Crippen molar-refractivity contribution < 1.29 is 14.3 Å². The molecule has 2 aromatic carbocycles. The van der Waals surface area contributed by atoms with Crippen LogP contribution in [0.5, 0.6) is 11.5 Å². The number of ether oxygens (including phenoxy) is 2. The van der Waals surface area contributed by atoms with Crippen LogP contribution in [0.1, 0.15) is 19.4 Å². The smallest absolute Gasteiger partial charge is 0.266 e. The summed E-state index contributed by atoms with van der Waals surface area (Å²) in [7, 11) is 1.62. The largest absolute Gasteiger partial charge is 0.497 e. The third-order valence-electron chi connectivity index (χ3n) is 4.02. The maximum atomic E-state index is 12.4. The van der Waals surface area contributed by atoms with Crippen molar-refractivity contribution in [3.05, 3.63) is 54.1 Å². The van der Waals surface area contributed by atoms with Gasteiger partial charge in [0.2, 0.25) is 5.13 Å². The number of aryl methyl sites for hydroxylation is 1. The molecule has 1 unspecified atom stereocenters. The van der Waals surface area contributed by atoms with Crippen molar-refractivity contribution in [2.24, 2.45) is 0 Å². The van der Waals surface area contributed by atoms with E-state index in [0.717, 1.165) is 34.1 Å². The lowest BCUT2D eigenvalue weighted by atomic mass is 10.1. The van der Waals surface area contributed by atoms with E-state index in [1.165, 1.54) is 11.3 Å². The van der Waals surface area contributed by atoms with Gasteiger partial charge in [0, 0.05) is 5.56 Å². The van der Waals surface area contributed by atoms with Gasteiger partial charge in [0.25, 0.3) is 5.91 Å². The molecule has 140 valence electrons. The summed E-state index contributed by atoms with van der Waals surface area (Å²) in [6.07, 6.45) is 0.192. The number of hydrogen-bond donors (Lipinski definition) is 1. The molecule has 0 saturated carbocycles. The first kappa shape index (κ1) is 18.8. The molecule has 27 heavy (non-hydrogen) atoms. The maximum Gasteiger partial charge on any atom is 0.266 e. The van der Waals surface area contributed by atoms with Gasteiger partial charge in [-0.2, -0.15) is 0 Å². The standard InChI is InChI=1S/C20H21N3O3S/c1-4-14-7-5-6-8-17(14)26-13(2)18(24)21-20-23-22-19(27-20)15-9-11-16(25-3)12-10-15/h5-13H,4H2,1-3H3,(H,21,23,24). The molecular weight excluding hydrogens is 362 g/mol. The number of para-hydroxylation sites is 1. The highest BCUT2D eigenvalue weighted by Crippen LogP contribution is 2.28. The molecule has 0 aliphatic heterocycles. The number of methoxy groups -OCH3 is 1. The van der Waals surface area contributed by atoms with E-state index in [9.17, 15) is 4.79 Å². The molecule has 1 aromatic heterocycles. The Labute approximate surface area is 162 Å². The topological polar surface area (TPSA) is 73.3 Å². The summed E-state index contributed by atoms with van der Waals surface area (Å²) in [4.78, 5) is 12.4. The van der Waals surface area contributed by atoms with E-state index in [0.29, 0.717) is 5.13 Å². The summed E-state index contributed by atoms with van der Waals surface area (Å²) in [6, 6.07) is 15.2. The van der Waals surface area contributed by atoms with Gasteiger partial charge in [-0.15, -0.1) is 10.2 Å². The van der Waals surface area contributed by atoms with Crippen LogP contribution in [0.3, 0.4) is 0 Å². The van der Waals surface area contributed by atoms with Gasteiger partial charge in [-0.1, -0.05) is 36.5 Å². The van der Waals surface area contributed by atoms with E-state index in [4.69, 9.17) is 9.47 Å². The molecule has 7 heteroatoms. The number of rotatable bonds is 7. The molecule has 0 aliphatic carbocycles. The first-order chi connectivity index (χ1) is 13.1. The molecule has 0 spiro atoms. The fraction of sp³-hybridized carbons (Fsp3) is 0.250. The molecule has 0 radical (unpaired) electrons. The molecule has 1 amide bonds. The Balaban J connectivity index is 1.64. The Morgan fingerprint density at radius 1 is 1.15 bits per heavy atom. The van der Waals surface area contributed by atoms with Crippen molar-refractivity contribution in [2.45, 2.75) is 26.4 Å². The van der Waals surface area contributed by atoms with E-state index in [2.05, 4.69) is 22.4 Å². The Morgan fingerprint density at radius 3 is 2.59 bits per heavy atom. The summed E-state index contributed by atoms with van der Waals surface area (Å²) >= 11 is 1.31. The van der Waals surface area contributed by atoms with Gasteiger partial charge < -0.3 is 9.47 Å². The van der Waals surface area contributed by atoms with E-state index in [-0.39, 0.29) is 5.91 Å². The highest BCUT2D eigenvalue weighted by molar-refractivity contribution is 7.18. The van der Waals surface area contributed by atoms with Crippen LogP contribution in [-0.4, -0.2) is 29.3 Å². The number of nitrogens with zero attached hydrogens (tertiary/aromatic N) is 2. The van der Waals surface area contributed by atoms with Crippen LogP contribution < -0.4 is 14.8 Å². The van der Waals surface area contributed by atoms with Gasteiger partial charge in [-0.25, -0.2) is 0 Å². The summed E-state index contributed by atoms with van der Waals surface area (Å²) in [5, 5.41) is 12.1. The lowest BCUT2D eigenvalue weighted by Crippen LogP contribution is -2.30. The van der Waals surface area contributed by atoms with Crippen LogP contribution in [0, 0.1) is 0 Å². The van der Waals surface area contributed by atoms with E-state index >= 15 is 0 Å². The monoisotopic (exact) mass is 383 g/mol. The van der Waals surface area contributed by atoms with Crippen molar-refractivity contribution in [3.8, 4) is 22.1 Å². The Kier molecular flexibility index (Phi) is 6.03. The molecule has 3 aromatic rings. The molecule has 1 atom stereocenters. The fourth-order valence-electron chi connectivity index (χ4n) is 2.49. The van der Waals surface area contributed by atoms with Crippen LogP contribution in [0.2, 0.25) is 0 Å². The number of aromatic nitrogens is 2. The second kappa shape index (κ2) is 8.64. The zero-order valence-corrected chi connectivity index (χ0v) is 16.2. The third-order valence-corrected chi connectivity index (χ3v) is 4.91. The van der Waals surface area contributed by atoms with E-state index in [1.807, 2.05) is 48.5 Å². The summed E-state index contributed by atoms with van der Waals surface area (Å²) < 4.78 is 11.0. The average molecular weight is 383 g/mol. The third kappa shape index (κ3) is 4.62. The van der Waals surface area contributed by atoms with Crippen molar-refractivity contribution in [2.75, 3.05) is 12.4 Å². The average Bonchev–Trinajstić information content (AvgIpc) is 3.16. The van der Waals surface area contributed by atoms with Gasteiger partial charge in [-0.3, -0.25) is 10.1 Å². The lowest BCUT2D eigenvalue weighted by molar-refractivity contribution is -0.122. The van der Waals surface area contributed by atoms with E-state index in [1.54, 1.807) is 14.0 Å². The van der Waals surface area contributed by atoms with Crippen molar-refractivity contribution in [1.29, 1.82) is 0 Å². The minimum atomic E-state index is -0.647. The lowest BCUT2D eigenvalue weighted by Gasteiger charge is -2.15. The number of hydrogen-bond acceptors (Lipinski definition) is 6. The molecule has 0 bridgehead atoms. The molecule has 1 N–H and O–H groups in total. The SMILES string of the molecule is CCc1ccccc1OC(C)C(=O)Nc1nnc(-c2ccc(OC)cc2)s1. The van der Waals surface area contributed by atoms with Crippen molar-refractivity contribution in [1.82, 2.24) is 10.2 Å². The predicted molar refractivity (Wildman–Crippen MR) is 106 cm³/mol. The van der Waals surface area contributed by atoms with E-state index < -0.39 is 6.10 Å². The number of carbonyl (C=O) groups is 1. The molecule has 1 heterocycles. The highest BCUT2D eigenvalue weighted by Gasteiger charge is 2.18. The van der Waals surface area contributed by atoms with Crippen LogP contribution in [-0.2, 0) is 11.2 Å². The van der Waals surface area contributed by atoms with Crippen LogP contribution >= 0.6 is 11.3 Å². The van der Waals surface area contributed by atoms with Crippen LogP contribution in [0.25, 0.3) is 10.6 Å². The second-order valence-electron chi connectivity index (χ2n) is 5.85. The van der Waals surface area contributed by atoms with Crippen molar-refractivity contribution >= 4 is 22.4 Å². The minimum absolute atomic E-state index is 0.265. The predicted octanol–water partition coefficient (Wildman–Crippen LogP) is 4.18. The summed E-state index contributed by atoms with van der Waals surface area (Å²) in [6.45, 7) is 3.77. The number of amides is 1. The normalized spacial score (nSPS) is 11.7. The van der Waals surface area contributed by atoms with Gasteiger partial charge in [0.05, 0.1) is 7.11 Å². The first-order valence-corrected chi connectivity index (χ1v) is 9.45. The first-order valence-electron chi connectivity index (χ1n) is 8.64. The fourth-order valence-corrected chi connectivity index (χ4v) is 3.24. The molecule has 6 nitrogen and oxygen atoms in total. The second-order valence-corrected chi connectivity index (χ2v) is 6.83. The van der Waals surface area contributed by atoms with Gasteiger partial charge >= 0.3 is 0 Å². The Hall–Kier alpha value is -2.93. The number of benzene rings is 2. The summed E-state index contributed by atoms with van der Waals surface area (Å²) in [5.74, 6) is 1.23. The van der Waals surface area contributed by atoms with Gasteiger partial charge in [-0.05, 0) is 49.2 Å². The number of carbonyl (C=O) groups excluding carboxylic acids is 1. The molecule has 0 fully saturated rings. The van der Waals surface area contributed by atoms with Gasteiger partial charge in [0.1, 0.15) is 16.5 Å². The quantitative estimate of drug-likeness (QED) is 0.662. The number of anilines is 1. The van der Waals surface area contributed by atoms with Gasteiger partial charge in [0.15, 0.2) is 6.10 Å². The van der Waals surface area contributed by atoms with Crippen LogP contribution in [0.15, 0.2) is 48.5 Å². The zero-order valence-electron chi connectivity index (χ0n) is 15.4. The summed E-state index contributed by atoms with van der Waals surface area (Å²) in [5.41, 5.74) is 1.98. The zero-order chi connectivity index (χ0) is 19.2. The Bertz CT molecular complexity index is 909. The molecular formula is C20H21N3O3S. The van der Waals surface area contributed by atoms with Crippen molar-refractivity contribution in [3.63, 3.8) is 0 Å². The minimum Gasteiger partial charge on any atom is -0.497 e. The van der Waals surface area contributed by atoms with Crippen LogP contribution in [0.4, 0.5) is 5.13 Å². The maximum absolute atomic E-state index is 12.4. The number of nitrogens with one attached hydrogen (secondary N) is 1. The molecule has 3 rings (SSSR count). The highest BCUT2D eigenvalue weighted by atomic mass is 32.1. The Morgan fingerprint density at radius 2 is 1.89 bits per heavy atom. The molecule has 0 saturated heterocycles. The molecule has 0 aliphatic rings.